The normalized spacial score (nSPS) is 11.9. The van der Waals surface area contributed by atoms with Crippen molar-refractivity contribution in [1.29, 1.82) is 0 Å². The van der Waals surface area contributed by atoms with Gasteiger partial charge in [0, 0.05) is 6.54 Å². The molecule has 4 nitrogen and oxygen atoms in total. The standard InChI is InChI=1S/C11H16N4S/c1-11(2,5-12)6-13-10-9-8(3-4-16-9)14-7-15-10/h3-4,7H,5-6,12H2,1-2H3,(H,13,14,15). The number of anilines is 1. The molecule has 2 aromatic rings. The molecule has 0 bridgehead atoms. The molecule has 16 heavy (non-hydrogen) atoms. The highest BCUT2D eigenvalue weighted by Crippen LogP contribution is 2.25. The van der Waals surface area contributed by atoms with Gasteiger partial charge in [-0.25, -0.2) is 9.97 Å². The van der Waals surface area contributed by atoms with Crippen LogP contribution in [0.1, 0.15) is 13.8 Å². The third kappa shape index (κ3) is 2.31. The summed E-state index contributed by atoms with van der Waals surface area (Å²) in [7, 11) is 0. The number of nitrogens with one attached hydrogen (secondary N) is 1. The third-order valence-corrected chi connectivity index (χ3v) is 3.44. The molecule has 0 aliphatic carbocycles. The van der Waals surface area contributed by atoms with Crippen LogP contribution in [-0.2, 0) is 0 Å². The van der Waals surface area contributed by atoms with Crippen molar-refractivity contribution in [3.8, 4) is 0 Å². The Balaban J connectivity index is 2.18. The third-order valence-electron chi connectivity index (χ3n) is 2.53. The highest BCUT2D eigenvalue weighted by molar-refractivity contribution is 7.17. The van der Waals surface area contributed by atoms with E-state index in [1.807, 2.05) is 11.4 Å². The first-order valence-corrected chi connectivity index (χ1v) is 6.12. The molecule has 0 aliphatic rings. The number of rotatable bonds is 4. The molecule has 2 aromatic heterocycles. The highest BCUT2D eigenvalue weighted by Gasteiger charge is 2.16. The molecule has 3 N–H and O–H groups in total. The summed E-state index contributed by atoms with van der Waals surface area (Å²) in [5, 5.41) is 5.37. The van der Waals surface area contributed by atoms with Gasteiger partial charge in [-0.1, -0.05) is 13.8 Å². The largest absolute Gasteiger partial charge is 0.368 e. The molecule has 0 spiro atoms. The summed E-state index contributed by atoms with van der Waals surface area (Å²) in [5.74, 6) is 0.904. The molecule has 2 rings (SSSR count). The molecule has 5 heteroatoms. The van der Waals surface area contributed by atoms with Crippen LogP contribution < -0.4 is 11.1 Å². The van der Waals surface area contributed by atoms with Crippen LogP contribution in [0.2, 0.25) is 0 Å². The van der Waals surface area contributed by atoms with Crippen molar-refractivity contribution < 1.29 is 0 Å². The van der Waals surface area contributed by atoms with Crippen molar-refractivity contribution in [3.63, 3.8) is 0 Å². The lowest BCUT2D eigenvalue weighted by atomic mass is 9.94. The Morgan fingerprint density at radius 1 is 1.44 bits per heavy atom. The summed E-state index contributed by atoms with van der Waals surface area (Å²) in [6.07, 6.45) is 1.59. The maximum Gasteiger partial charge on any atom is 0.147 e. The van der Waals surface area contributed by atoms with Crippen molar-refractivity contribution in [3.05, 3.63) is 17.8 Å². The first-order valence-electron chi connectivity index (χ1n) is 5.24. The fourth-order valence-electron chi connectivity index (χ4n) is 1.31. The van der Waals surface area contributed by atoms with Gasteiger partial charge in [-0.2, -0.15) is 0 Å². The van der Waals surface area contributed by atoms with Crippen molar-refractivity contribution in [1.82, 2.24) is 9.97 Å². The molecule has 0 radical (unpaired) electrons. The van der Waals surface area contributed by atoms with E-state index in [0.29, 0.717) is 6.54 Å². The summed E-state index contributed by atoms with van der Waals surface area (Å²) in [5.41, 5.74) is 6.76. The molecule has 0 unspecified atom stereocenters. The van der Waals surface area contributed by atoms with Crippen LogP contribution in [0.5, 0.6) is 0 Å². The Morgan fingerprint density at radius 2 is 2.25 bits per heavy atom. The van der Waals surface area contributed by atoms with Crippen LogP contribution in [0, 0.1) is 5.41 Å². The zero-order chi connectivity index (χ0) is 11.6. The summed E-state index contributed by atoms with van der Waals surface area (Å²) < 4.78 is 1.11. The fourth-order valence-corrected chi connectivity index (χ4v) is 2.12. The first-order chi connectivity index (χ1) is 7.62. The van der Waals surface area contributed by atoms with Crippen LogP contribution in [0.3, 0.4) is 0 Å². The average molecular weight is 236 g/mol. The van der Waals surface area contributed by atoms with Crippen LogP contribution in [0.25, 0.3) is 10.2 Å². The molecule has 0 amide bonds. The second-order valence-corrected chi connectivity index (χ2v) is 5.50. The van der Waals surface area contributed by atoms with E-state index < -0.39 is 0 Å². The predicted octanol–water partition coefficient (Wildman–Crippen LogP) is 2.09. The summed E-state index contributed by atoms with van der Waals surface area (Å²) in [4.78, 5) is 8.46. The molecule has 0 atom stereocenters. The molecule has 86 valence electrons. The zero-order valence-electron chi connectivity index (χ0n) is 9.53. The van der Waals surface area contributed by atoms with Gasteiger partial charge in [0.25, 0.3) is 0 Å². The van der Waals surface area contributed by atoms with E-state index in [2.05, 4.69) is 29.1 Å². The summed E-state index contributed by atoms with van der Waals surface area (Å²) in [6, 6.07) is 2.00. The SMILES string of the molecule is CC(C)(CN)CNc1ncnc2ccsc12. The lowest BCUT2D eigenvalue weighted by molar-refractivity contribution is 0.405. The van der Waals surface area contributed by atoms with Gasteiger partial charge in [0.1, 0.15) is 12.1 Å². The molecular weight excluding hydrogens is 220 g/mol. The number of thiophene rings is 1. The number of fused-ring (bicyclic) bond motifs is 1. The van der Waals surface area contributed by atoms with Gasteiger partial charge in [0.2, 0.25) is 0 Å². The van der Waals surface area contributed by atoms with Crippen molar-refractivity contribution in [2.75, 3.05) is 18.4 Å². The number of nitrogens with two attached hydrogens (primary N) is 1. The van der Waals surface area contributed by atoms with Gasteiger partial charge in [0.05, 0.1) is 10.2 Å². The average Bonchev–Trinajstić information content (AvgIpc) is 2.75. The molecular formula is C11H16N4S. The fraction of sp³-hybridized carbons (Fsp3) is 0.455. The van der Waals surface area contributed by atoms with E-state index >= 15 is 0 Å². The Morgan fingerprint density at radius 3 is 3.00 bits per heavy atom. The Labute approximate surface area is 98.9 Å². The lowest BCUT2D eigenvalue weighted by Crippen LogP contribution is -2.31. The number of hydrogen-bond acceptors (Lipinski definition) is 5. The minimum atomic E-state index is 0.0779. The topological polar surface area (TPSA) is 63.8 Å². The van der Waals surface area contributed by atoms with Gasteiger partial charge in [-0.3, -0.25) is 0 Å². The van der Waals surface area contributed by atoms with Gasteiger partial charge in [-0.05, 0) is 23.4 Å². The number of nitrogens with zero attached hydrogens (tertiary/aromatic N) is 2. The highest BCUT2D eigenvalue weighted by atomic mass is 32.1. The minimum absolute atomic E-state index is 0.0779. The van der Waals surface area contributed by atoms with Crippen molar-refractivity contribution in [2.45, 2.75) is 13.8 Å². The molecule has 0 fully saturated rings. The van der Waals surface area contributed by atoms with E-state index in [9.17, 15) is 0 Å². The van der Waals surface area contributed by atoms with E-state index in [0.717, 1.165) is 22.6 Å². The monoisotopic (exact) mass is 236 g/mol. The molecule has 0 saturated heterocycles. The van der Waals surface area contributed by atoms with Crippen molar-refractivity contribution >= 4 is 27.4 Å². The zero-order valence-corrected chi connectivity index (χ0v) is 10.3. The first kappa shape index (κ1) is 11.3. The molecule has 2 heterocycles. The van der Waals surface area contributed by atoms with Gasteiger partial charge >= 0.3 is 0 Å². The van der Waals surface area contributed by atoms with Crippen LogP contribution in [-0.4, -0.2) is 23.1 Å². The summed E-state index contributed by atoms with van der Waals surface area (Å²) >= 11 is 1.65. The summed E-state index contributed by atoms with van der Waals surface area (Å²) in [6.45, 7) is 5.73. The minimum Gasteiger partial charge on any atom is -0.368 e. The molecule has 0 saturated carbocycles. The predicted molar refractivity (Wildman–Crippen MR) is 68.7 cm³/mol. The lowest BCUT2D eigenvalue weighted by Gasteiger charge is -2.22. The Hall–Kier alpha value is -1.20. The second kappa shape index (κ2) is 4.35. The van der Waals surface area contributed by atoms with Crippen molar-refractivity contribution in [2.24, 2.45) is 11.1 Å². The van der Waals surface area contributed by atoms with E-state index in [1.165, 1.54) is 0 Å². The van der Waals surface area contributed by atoms with Crippen LogP contribution in [0.15, 0.2) is 17.8 Å². The van der Waals surface area contributed by atoms with Crippen LogP contribution in [0.4, 0.5) is 5.82 Å². The van der Waals surface area contributed by atoms with Gasteiger partial charge < -0.3 is 11.1 Å². The maximum absolute atomic E-state index is 5.69. The van der Waals surface area contributed by atoms with E-state index in [1.54, 1.807) is 17.7 Å². The Kier molecular flexibility index (Phi) is 3.07. The van der Waals surface area contributed by atoms with Gasteiger partial charge in [0.15, 0.2) is 0 Å². The Bertz CT molecular complexity index is 478. The quantitative estimate of drug-likeness (QED) is 0.853. The van der Waals surface area contributed by atoms with E-state index in [4.69, 9.17) is 5.73 Å². The second-order valence-electron chi connectivity index (χ2n) is 4.58. The molecule has 0 aliphatic heterocycles. The number of aromatic nitrogens is 2. The van der Waals surface area contributed by atoms with E-state index in [-0.39, 0.29) is 5.41 Å². The number of hydrogen-bond donors (Lipinski definition) is 2. The van der Waals surface area contributed by atoms with Crippen LogP contribution >= 0.6 is 11.3 Å². The molecule has 0 aromatic carbocycles. The smallest absolute Gasteiger partial charge is 0.147 e. The van der Waals surface area contributed by atoms with Gasteiger partial charge in [-0.15, -0.1) is 11.3 Å². The maximum atomic E-state index is 5.69.